The van der Waals surface area contributed by atoms with E-state index in [4.69, 9.17) is 0 Å². The molecule has 0 unspecified atom stereocenters. The van der Waals surface area contributed by atoms with Crippen molar-refractivity contribution in [1.29, 1.82) is 0 Å². The highest BCUT2D eigenvalue weighted by Gasteiger charge is 2.30. The summed E-state index contributed by atoms with van der Waals surface area (Å²) in [5.74, 6) is -1.08. The molecular formula is C25H28N6O4. The van der Waals surface area contributed by atoms with E-state index in [0.29, 0.717) is 30.0 Å². The maximum atomic E-state index is 13.2. The highest BCUT2D eigenvalue weighted by molar-refractivity contribution is 6.05. The topological polar surface area (TPSA) is 122 Å². The molecule has 1 saturated carbocycles. The van der Waals surface area contributed by atoms with Crippen LogP contribution in [-0.2, 0) is 17.8 Å². The van der Waals surface area contributed by atoms with Crippen molar-refractivity contribution in [2.45, 2.75) is 52.6 Å². The van der Waals surface area contributed by atoms with E-state index in [1.807, 2.05) is 19.9 Å². The number of aromatic nitrogens is 4. The van der Waals surface area contributed by atoms with E-state index in [2.05, 4.69) is 15.4 Å². The molecule has 182 valence electrons. The van der Waals surface area contributed by atoms with Crippen LogP contribution >= 0.6 is 0 Å². The molecule has 35 heavy (non-hydrogen) atoms. The summed E-state index contributed by atoms with van der Waals surface area (Å²) in [6.07, 6.45) is 8.97. The van der Waals surface area contributed by atoms with Gasteiger partial charge in [0.1, 0.15) is 5.65 Å². The van der Waals surface area contributed by atoms with Gasteiger partial charge >= 0.3 is 0 Å². The van der Waals surface area contributed by atoms with Crippen LogP contribution in [0.25, 0.3) is 11.7 Å². The zero-order chi connectivity index (χ0) is 24.9. The van der Waals surface area contributed by atoms with E-state index in [9.17, 15) is 19.5 Å². The lowest BCUT2D eigenvalue weighted by Gasteiger charge is -2.17. The van der Waals surface area contributed by atoms with E-state index in [1.54, 1.807) is 30.3 Å². The van der Waals surface area contributed by atoms with E-state index >= 15 is 0 Å². The fourth-order valence-corrected chi connectivity index (χ4v) is 4.48. The Bertz CT molecular complexity index is 1430. The molecule has 1 aliphatic carbocycles. The quantitative estimate of drug-likeness (QED) is 0.525. The number of anilines is 1. The first-order chi connectivity index (χ1) is 16.8. The Labute approximate surface area is 201 Å². The van der Waals surface area contributed by atoms with Crippen LogP contribution in [0, 0.1) is 12.8 Å². The molecule has 0 bridgehead atoms. The van der Waals surface area contributed by atoms with E-state index in [-0.39, 0.29) is 23.4 Å². The van der Waals surface area contributed by atoms with Crippen LogP contribution in [0.4, 0.5) is 5.69 Å². The minimum absolute atomic E-state index is 0.0332. The molecule has 10 heteroatoms. The van der Waals surface area contributed by atoms with Gasteiger partial charge in [-0.05, 0) is 49.8 Å². The van der Waals surface area contributed by atoms with E-state index < -0.39 is 17.3 Å². The summed E-state index contributed by atoms with van der Waals surface area (Å²) in [6.45, 7) is 6.59. The molecule has 5 rings (SSSR count). The van der Waals surface area contributed by atoms with Gasteiger partial charge in [0, 0.05) is 43.2 Å². The van der Waals surface area contributed by atoms with Gasteiger partial charge in [0.05, 0.1) is 11.4 Å². The fourth-order valence-electron chi connectivity index (χ4n) is 4.48. The van der Waals surface area contributed by atoms with Crippen LogP contribution in [-0.4, -0.2) is 48.7 Å². The second-order valence-corrected chi connectivity index (χ2v) is 9.57. The smallest absolute Gasteiger partial charge is 0.291 e. The number of carbonyl (C=O) groups excluding carboxylic acids is 2. The average Bonchev–Trinajstić information content (AvgIpc) is 3.41. The number of nitrogens with one attached hydrogen (secondary N) is 1. The molecule has 2 amide bonds. The minimum atomic E-state index is -0.689. The molecule has 1 fully saturated rings. The number of aromatic hydroxyl groups is 1. The first-order valence-corrected chi connectivity index (χ1v) is 11.8. The van der Waals surface area contributed by atoms with Crippen LogP contribution in [0.2, 0.25) is 0 Å². The largest absolute Gasteiger partial charge is 0.494 e. The Morgan fingerprint density at radius 3 is 2.80 bits per heavy atom. The van der Waals surface area contributed by atoms with Crippen molar-refractivity contribution in [3.05, 3.63) is 57.3 Å². The SMILES string of the molecule is Cc1nn2c(=O)c(C(=O)NC3CC3)c(O)n(CC(C)C)c2c1/C=C/C(=O)N1CCc2cnccc21. The molecule has 0 spiro atoms. The number of hydrogen-bond donors (Lipinski definition) is 2. The summed E-state index contributed by atoms with van der Waals surface area (Å²) in [6, 6.07) is 1.85. The molecule has 10 nitrogen and oxygen atoms in total. The lowest BCUT2D eigenvalue weighted by Crippen LogP contribution is -2.34. The van der Waals surface area contributed by atoms with Gasteiger partial charge in [-0.25, -0.2) is 0 Å². The third-order valence-corrected chi connectivity index (χ3v) is 6.34. The summed E-state index contributed by atoms with van der Waals surface area (Å²) in [7, 11) is 0. The highest BCUT2D eigenvalue weighted by Crippen LogP contribution is 2.28. The lowest BCUT2D eigenvalue weighted by atomic mass is 10.1. The van der Waals surface area contributed by atoms with Gasteiger partial charge in [-0.1, -0.05) is 13.8 Å². The van der Waals surface area contributed by atoms with Crippen molar-refractivity contribution in [3.8, 4) is 5.88 Å². The number of amides is 2. The van der Waals surface area contributed by atoms with Crippen molar-refractivity contribution < 1.29 is 14.7 Å². The zero-order valence-electron chi connectivity index (χ0n) is 20.0. The van der Waals surface area contributed by atoms with Gasteiger partial charge in [0.2, 0.25) is 5.88 Å². The number of rotatable bonds is 6. The van der Waals surface area contributed by atoms with Crippen LogP contribution < -0.4 is 15.8 Å². The second kappa shape index (κ2) is 8.68. The molecule has 4 heterocycles. The lowest BCUT2D eigenvalue weighted by molar-refractivity contribution is -0.114. The molecule has 2 N–H and O–H groups in total. The van der Waals surface area contributed by atoms with Crippen LogP contribution in [0.3, 0.4) is 0 Å². The number of pyridine rings is 1. The van der Waals surface area contributed by atoms with Crippen LogP contribution in [0.1, 0.15) is 53.9 Å². The normalized spacial score (nSPS) is 15.4. The molecule has 2 aliphatic rings. The summed E-state index contributed by atoms with van der Waals surface area (Å²) in [5.41, 5.74) is 2.24. The summed E-state index contributed by atoms with van der Waals surface area (Å²) in [4.78, 5) is 44.8. The maximum Gasteiger partial charge on any atom is 0.291 e. The third-order valence-electron chi connectivity index (χ3n) is 6.34. The monoisotopic (exact) mass is 476 g/mol. The minimum Gasteiger partial charge on any atom is -0.494 e. The van der Waals surface area contributed by atoms with Gasteiger partial charge in [-0.2, -0.15) is 9.61 Å². The van der Waals surface area contributed by atoms with Crippen LogP contribution in [0.15, 0.2) is 29.3 Å². The van der Waals surface area contributed by atoms with Crippen molar-refractivity contribution >= 4 is 29.2 Å². The van der Waals surface area contributed by atoms with Crippen molar-refractivity contribution in [3.63, 3.8) is 0 Å². The summed E-state index contributed by atoms with van der Waals surface area (Å²) >= 11 is 0. The van der Waals surface area contributed by atoms with Crippen molar-refractivity contribution in [2.24, 2.45) is 5.92 Å². The van der Waals surface area contributed by atoms with E-state index in [0.717, 1.165) is 35.0 Å². The average molecular weight is 477 g/mol. The molecular weight excluding hydrogens is 448 g/mol. The second-order valence-electron chi connectivity index (χ2n) is 9.57. The van der Waals surface area contributed by atoms with Gasteiger partial charge < -0.3 is 15.3 Å². The highest BCUT2D eigenvalue weighted by atomic mass is 16.3. The Morgan fingerprint density at radius 2 is 2.09 bits per heavy atom. The molecule has 3 aromatic heterocycles. The number of fused-ring (bicyclic) bond motifs is 2. The number of nitrogens with zero attached hydrogens (tertiary/aromatic N) is 5. The van der Waals surface area contributed by atoms with E-state index in [1.165, 1.54) is 10.6 Å². The molecule has 0 saturated heterocycles. The third kappa shape index (κ3) is 4.09. The first kappa shape index (κ1) is 22.8. The Hall–Kier alpha value is -3.95. The summed E-state index contributed by atoms with van der Waals surface area (Å²) < 4.78 is 2.69. The summed E-state index contributed by atoms with van der Waals surface area (Å²) in [5, 5.41) is 18.2. The molecule has 1 aliphatic heterocycles. The number of aryl methyl sites for hydroxylation is 1. The number of carbonyl (C=O) groups is 2. The van der Waals surface area contributed by atoms with Crippen LogP contribution in [0.5, 0.6) is 5.88 Å². The zero-order valence-corrected chi connectivity index (χ0v) is 20.0. The van der Waals surface area contributed by atoms with Gasteiger partial charge in [-0.15, -0.1) is 0 Å². The Balaban J connectivity index is 1.58. The van der Waals surface area contributed by atoms with Crippen molar-refractivity contribution in [1.82, 2.24) is 24.5 Å². The Morgan fingerprint density at radius 1 is 1.31 bits per heavy atom. The maximum absolute atomic E-state index is 13.2. The fraction of sp³-hybridized carbons (Fsp3) is 0.400. The first-order valence-electron chi connectivity index (χ1n) is 11.8. The Kier molecular flexibility index (Phi) is 5.66. The van der Waals surface area contributed by atoms with Gasteiger partial charge in [0.15, 0.2) is 5.56 Å². The molecule has 0 aromatic carbocycles. The standard InChI is InChI=1S/C25H28N6O4/c1-14(2)13-30-23-18(6-7-20(32)29-11-9-16-12-26-10-8-19(16)29)15(3)28-31(23)25(35)21(24(30)34)22(33)27-17-4-5-17/h6-8,10,12,14,17,34H,4-5,9,11,13H2,1-3H3,(H,27,33)/b7-6+. The molecule has 3 aromatic rings. The molecule has 0 atom stereocenters. The number of hydrogen-bond acceptors (Lipinski definition) is 6. The predicted molar refractivity (Wildman–Crippen MR) is 131 cm³/mol. The van der Waals surface area contributed by atoms with Gasteiger partial charge in [0.25, 0.3) is 17.4 Å². The predicted octanol–water partition coefficient (Wildman–Crippen LogP) is 2.06. The van der Waals surface area contributed by atoms with Crippen molar-refractivity contribution in [2.75, 3.05) is 11.4 Å². The van der Waals surface area contributed by atoms with Gasteiger partial charge in [-0.3, -0.25) is 23.9 Å². The molecule has 0 radical (unpaired) electrons.